The van der Waals surface area contributed by atoms with E-state index in [-0.39, 0.29) is 0 Å². The molecule has 0 bridgehead atoms. The molecule has 0 unspecified atom stereocenters. The maximum atomic E-state index is 9.75. The topological polar surface area (TPSA) is 9.49 Å². The number of anilines is 2. The molecular formula is C27H32BF4N3. The first-order valence-corrected chi connectivity index (χ1v) is 11.1. The van der Waals surface area contributed by atoms with Crippen molar-refractivity contribution in [3.8, 4) is 0 Å². The minimum atomic E-state index is -6.00. The number of halogens is 4. The van der Waals surface area contributed by atoms with Crippen molar-refractivity contribution >= 4 is 29.9 Å². The Morgan fingerprint density at radius 3 is 1.37 bits per heavy atom. The van der Waals surface area contributed by atoms with Gasteiger partial charge in [0.2, 0.25) is 0 Å². The fourth-order valence-corrected chi connectivity index (χ4v) is 3.30. The van der Waals surface area contributed by atoms with Crippen molar-refractivity contribution in [2.24, 2.45) is 0 Å². The zero-order valence-corrected chi connectivity index (χ0v) is 21.0. The van der Waals surface area contributed by atoms with Crippen LogP contribution in [-0.2, 0) is 0 Å². The van der Waals surface area contributed by atoms with Crippen LogP contribution in [0, 0.1) is 0 Å². The molecule has 1 aliphatic carbocycles. The highest BCUT2D eigenvalue weighted by Crippen LogP contribution is 2.27. The third-order valence-electron chi connectivity index (χ3n) is 5.24. The van der Waals surface area contributed by atoms with Crippen molar-refractivity contribution < 1.29 is 21.8 Å². The lowest BCUT2D eigenvalue weighted by molar-refractivity contribution is -0.462. The van der Waals surface area contributed by atoms with Gasteiger partial charge in [0.05, 0.1) is 0 Å². The lowest BCUT2D eigenvalue weighted by Gasteiger charge is -2.16. The summed E-state index contributed by atoms with van der Waals surface area (Å²) >= 11 is 0. The van der Waals surface area contributed by atoms with Crippen LogP contribution >= 0.6 is 0 Å². The van der Waals surface area contributed by atoms with Gasteiger partial charge >= 0.3 is 7.25 Å². The van der Waals surface area contributed by atoms with Crippen LogP contribution in [0.1, 0.15) is 11.1 Å². The van der Waals surface area contributed by atoms with E-state index in [2.05, 4.69) is 142 Å². The number of allylic oxidation sites excluding steroid dienone is 7. The van der Waals surface area contributed by atoms with Gasteiger partial charge < -0.3 is 27.1 Å². The lowest BCUT2D eigenvalue weighted by Crippen LogP contribution is -2.09. The van der Waals surface area contributed by atoms with E-state index in [1.807, 2.05) is 0 Å². The van der Waals surface area contributed by atoms with Crippen LogP contribution in [0.2, 0.25) is 0 Å². The normalized spacial score (nSPS) is 12.5. The molecule has 2 aromatic rings. The zero-order valence-electron chi connectivity index (χ0n) is 21.0. The summed E-state index contributed by atoms with van der Waals surface area (Å²) in [6, 6.07) is 17.5. The number of nitrogens with zero attached hydrogens (tertiary/aromatic N) is 3. The molecule has 0 aromatic heterocycles. The molecule has 3 nitrogen and oxygen atoms in total. The molecule has 0 amide bonds. The van der Waals surface area contributed by atoms with Crippen LogP contribution in [0.15, 0.2) is 90.6 Å². The Balaban J connectivity index is 0.000000784. The molecule has 1 aliphatic rings. The van der Waals surface area contributed by atoms with E-state index in [4.69, 9.17) is 0 Å². The Morgan fingerprint density at radius 2 is 1.06 bits per heavy atom. The molecule has 0 spiro atoms. The molecule has 0 atom stereocenters. The minimum absolute atomic E-state index is 1.19. The van der Waals surface area contributed by atoms with Crippen molar-refractivity contribution in [1.82, 2.24) is 0 Å². The van der Waals surface area contributed by atoms with Gasteiger partial charge in [-0.2, -0.15) is 0 Å². The maximum absolute atomic E-state index is 9.75. The molecule has 0 saturated carbocycles. The average molecular weight is 485 g/mol. The molecule has 0 radical (unpaired) electrons. The van der Waals surface area contributed by atoms with Gasteiger partial charge in [0.1, 0.15) is 14.1 Å². The van der Waals surface area contributed by atoms with Gasteiger partial charge in [-0.25, -0.2) is 4.58 Å². The summed E-state index contributed by atoms with van der Waals surface area (Å²) in [7, 11) is 6.39. The first-order valence-electron chi connectivity index (χ1n) is 11.1. The predicted molar refractivity (Wildman–Crippen MR) is 142 cm³/mol. The number of hydrogen-bond acceptors (Lipinski definition) is 2. The van der Waals surface area contributed by atoms with Gasteiger partial charge in [-0.15, -0.1) is 0 Å². The maximum Gasteiger partial charge on any atom is 0.673 e. The first kappa shape index (κ1) is 27.7. The van der Waals surface area contributed by atoms with E-state index in [1.54, 1.807) is 0 Å². The van der Waals surface area contributed by atoms with Crippen molar-refractivity contribution in [3.05, 3.63) is 102 Å². The summed E-state index contributed by atoms with van der Waals surface area (Å²) < 4.78 is 41.1. The third kappa shape index (κ3) is 9.31. The van der Waals surface area contributed by atoms with Crippen LogP contribution in [0.4, 0.5) is 28.6 Å². The summed E-state index contributed by atoms with van der Waals surface area (Å²) in [5.74, 6) is 0. The molecule has 0 fully saturated rings. The van der Waals surface area contributed by atoms with E-state index >= 15 is 0 Å². The van der Waals surface area contributed by atoms with Gasteiger partial charge in [-0.3, -0.25) is 0 Å². The quantitative estimate of drug-likeness (QED) is 0.279. The Labute approximate surface area is 205 Å². The highest BCUT2D eigenvalue weighted by molar-refractivity contribution is 6.50. The fourth-order valence-electron chi connectivity index (χ4n) is 3.30. The Bertz CT molecular complexity index is 1060. The predicted octanol–water partition coefficient (Wildman–Crippen LogP) is 6.32. The van der Waals surface area contributed by atoms with Crippen molar-refractivity contribution in [2.45, 2.75) is 0 Å². The van der Waals surface area contributed by atoms with Gasteiger partial charge in [0, 0.05) is 51.7 Å². The van der Waals surface area contributed by atoms with Crippen molar-refractivity contribution in [1.29, 1.82) is 0 Å². The summed E-state index contributed by atoms with van der Waals surface area (Å²) in [4.78, 5) is 4.24. The number of benzene rings is 2. The monoisotopic (exact) mass is 485 g/mol. The highest BCUT2D eigenvalue weighted by atomic mass is 19.5. The smallest absolute Gasteiger partial charge is 0.418 e. The Hall–Kier alpha value is -3.55. The molecule has 3 rings (SSSR count). The lowest BCUT2D eigenvalue weighted by atomic mass is 9.96. The van der Waals surface area contributed by atoms with Crippen LogP contribution in [0.3, 0.4) is 0 Å². The minimum Gasteiger partial charge on any atom is -0.418 e. The van der Waals surface area contributed by atoms with E-state index in [0.29, 0.717) is 0 Å². The second kappa shape index (κ2) is 12.2. The molecule has 186 valence electrons. The second-order valence-corrected chi connectivity index (χ2v) is 8.61. The van der Waals surface area contributed by atoms with Crippen molar-refractivity contribution in [2.75, 3.05) is 52.1 Å². The van der Waals surface area contributed by atoms with Gasteiger partial charge in [0.25, 0.3) is 0 Å². The average Bonchev–Trinajstić information content (AvgIpc) is 2.79. The Morgan fingerprint density at radius 1 is 0.686 bits per heavy atom. The van der Waals surface area contributed by atoms with E-state index in [9.17, 15) is 17.3 Å². The van der Waals surface area contributed by atoms with E-state index < -0.39 is 7.25 Å². The van der Waals surface area contributed by atoms with E-state index in [1.165, 1.54) is 39.4 Å². The Kier molecular flexibility index (Phi) is 9.69. The SMILES string of the molecule is CN(C)c1ccc(C(=CC=C2C=CC(=[N+](C)C)C=C2)c2ccc(N(C)C)cc2)cc1.F[B-](F)(F)F. The highest BCUT2D eigenvalue weighted by Gasteiger charge is 2.20. The fraction of sp³-hybridized carbons (Fsp3) is 0.222. The molecule has 0 saturated heterocycles. The number of hydrogen-bond donors (Lipinski definition) is 0. The zero-order chi connectivity index (χ0) is 26.2. The molecule has 0 aliphatic heterocycles. The van der Waals surface area contributed by atoms with Crippen LogP contribution < -0.4 is 9.80 Å². The molecule has 0 N–H and O–H groups in total. The first-order chi connectivity index (χ1) is 16.3. The van der Waals surface area contributed by atoms with Crippen LogP contribution in [0.25, 0.3) is 5.57 Å². The second-order valence-electron chi connectivity index (χ2n) is 8.61. The number of rotatable bonds is 5. The summed E-state index contributed by atoms with van der Waals surface area (Å²) in [6.07, 6.45) is 13.0. The van der Waals surface area contributed by atoms with Crippen LogP contribution in [0.5, 0.6) is 0 Å². The van der Waals surface area contributed by atoms with Gasteiger partial charge in [-0.1, -0.05) is 36.4 Å². The molecule has 8 heteroatoms. The van der Waals surface area contributed by atoms with Crippen LogP contribution in [-0.4, -0.2) is 59.8 Å². The molecule has 35 heavy (non-hydrogen) atoms. The molecular weight excluding hydrogens is 453 g/mol. The molecule has 2 aromatic carbocycles. The summed E-state index contributed by atoms with van der Waals surface area (Å²) in [6.45, 7) is 0. The largest absolute Gasteiger partial charge is 0.673 e. The summed E-state index contributed by atoms with van der Waals surface area (Å²) in [5.41, 5.74) is 8.41. The van der Waals surface area contributed by atoms with E-state index in [0.717, 1.165) is 0 Å². The van der Waals surface area contributed by atoms with Gasteiger partial charge in [0.15, 0.2) is 5.71 Å². The third-order valence-corrected chi connectivity index (χ3v) is 5.24. The molecule has 0 heterocycles. The van der Waals surface area contributed by atoms with Gasteiger partial charge in [-0.05, 0) is 58.7 Å². The summed E-state index contributed by atoms with van der Waals surface area (Å²) in [5, 5.41) is 0. The standard InChI is InChI=1S/C27H32N3.BF4/c1-28(2)24-14-7-21(8-15-24)9-20-27(22-10-16-25(17-11-22)29(3)4)23-12-18-26(19-13-23)30(5)6;2-1(3,4)5/h7-20H,1-6H3;/q+1;-1. The van der Waals surface area contributed by atoms with Crippen molar-refractivity contribution in [3.63, 3.8) is 0 Å².